The van der Waals surface area contributed by atoms with Crippen molar-refractivity contribution >= 4 is 0 Å². The molecule has 1 saturated heterocycles. The van der Waals surface area contributed by atoms with Gasteiger partial charge in [0.25, 0.3) is 0 Å². The van der Waals surface area contributed by atoms with E-state index < -0.39 is 0 Å². The average Bonchev–Trinajstić information content (AvgIpc) is 2.01. The lowest BCUT2D eigenvalue weighted by molar-refractivity contribution is 0.100. The second-order valence-electron chi connectivity index (χ2n) is 5.61. The molecule has 1 heteroatoms. The van der Waals surface area contributed by atoms with Crippen LogP contribution in [0.4, 0.5) is 0 Å². The Hall–Kier alpha value is -0.0400. The van der Waals surface area contributed by atoms with Crippen LogP contribution in [-0.4, -0.2) is 12.6 Å². The van der Waals surface area contributed by atoms with E-state index in [1.165, 1.54) is 45.1 Å². The minimum Gasteiger partial charge on any atom is -0.314 e. The lowest BCUT2D eigenvalue weighted by Gasteiger charge is -2.42. The van der Waals surface area contributed by atoms with Gasteiger partial charge >= 0.3 is 0 Å². The van der Waals surface area contributed by atoms with Gasteiger partial charge in [0.1, 0.15) is 0 Å². The molecule has 76 valence electrons. The van der Waals surface area contributed by atoms with E-state index in [0.29, 0.717) is 0 Å². The molecule has 1 aliphatic carbocycles. The molecule has 0 aromatic heterocycles. The van der Waals surface area contributed by atoms with E-state index in [9.17, 15) is 0 Å². The van der Waals surface area contributed by atoms with Crippen LogP contribution < -0.4 is 5.32 Å². The van der Waals surface area contributed by atoms with E-state index >= 15 is 0 Å². The van der Waals surface area contributed by atoms with E-state index in [4.69, 9.17) is 0 Å². The summed E-state index contributed by atoms with van der Waals surface area (Å²) in [6.07, 6.45) is 8.79. The Balaban J connectivity index is 1.80. The molecule has 2 rings (SSSR count). The highest BCUT2D eigenvalue weighted by molar-refractivity contribution is 4.87. The van der Waals surface area contributed by atoms with Crippen LogP contribution >= 0.6 is 0 Å². The van der Waals surface area contributed by atoms with Crippen molar-refractivity contribution in [1.29, 1.82) is 0 Å². The number of piperidine rings is 1. The summed E-state index contributed by atoms with van der Waals surface area (Å²) >= 11 is 0. The predicted octanol–water partition coefficient (Wildman–Crippen LogP) is 2.95. The van der Waals surface area contributed by atoms with Gasteiger partial charge < -0.3 is 5.32 Å². The van der Waals surface area contributed by atoms with Gasteiger partial charge in [-0.2, -0.15) is 0 Å². The Morgan fingerprint density at radius 1 is 1.38 bits per heavy atom. The molecule has 1 nitrogen and oxygen atoms in total. The number of rotatable bonds is 2. The van der Waals surface area contributed by atoms with Crippen LogP contribution in [0.15, 0.2) is 0 Å². The van der Waals surface area contributed by atoms with Gasteiger partial charge in [-0.25, -0.2) is 0 Å². The zero-order valence-corrected chi connectivity index (χ0v) is 9.10. The molecule has 0 radical (unpaired) electrons. The maximum absolute atomic E-state index is 3.53. The Bertz CT molecular complexity index is 172. The molecule has 0 bridgehead atoms. The van der Waals surface area contributed by atoms with E-state index in [1.807, 2.05) is 0 Å². The Kier molecular flexibility index (Phi) is 2.64. The summed E-state index contributed by atoms with van der Waals surface area (Å²) in [5.41, 5.74) is 0.738. The molecule has 2 fully saturated rings. The van der Waals surface area contributed by atoms with Gasteiger partial charge in [-0.3, -0.25) is 0 Å². The highest BCUT2D eigenvalue weighted by Gasteiger charge is 2.34. The second kappa shape index (κ2) is 3.61. The van der Waals surface area contributed by atoms with E-state index in [-0.39, 0.29) is 0 Å². The monoisotopic (exact) mass is 181 g/mol. The van der Waals surface area contributed by atoms with Crippen molar-refractivity contribution in [2.45, 2.75) is 58.4 Å². The number of hydrogen-bond donors (Lipinski definition) is 1. The van der Waals surface area contributed by atoms with Gasteiger partial charge in [-0.15, -0.1) is 0 Å². The molecule has 2 unspecified atom stereocenters. The maximum Gasteiger partial charge on any atom is 0.00413 e. The quantitative estimate of drug-likeness (QED) is 0.690. The minimum absolute atomic E-state index is 0.738. The van der Waals surface area contributed by atoms with Crippen molar-refractivity contribution in [2.75, 3.05) is 6.54 Å². The van der Waals surface area contributed by atoms with Crippen LogP contribution in [0.3, 0.4) is 0 Å². The molecule has 0 aromatic rings. The van der Waals surface area contributed by atoms with Crippen LogP contribution in [0.5, 0.6) is 0 Å². The predicted molar refractivity (Wildman–Crippen MR) is 56.8 cm³/mol. The molecule has 0 amide bonds. The van der Waals surface area contributed by atoms with E-state index in [2.05, 4.69) is 19.2 Å². The van der Waals surface area contributed by atoms with Gasteiger partial charge in [0.05, 0.1) is 0 Å². The third kappa shape index (κ3) is 2.25. The lowest BCUT2D eigenvalue weighted by Crippen LogP contribution is -2.38. The first-order chi connectivity index (χ1) is 6.18. The van der Waals surface area contributed by atoms with Gasteiger partial charge in [-0.05, 0) is 56.9 Å². The smallest absolute Gasteiger partial charge is 0.00413 e. The van der Waals surface area contributed by atoms with Crippen LogP contribution in [-0.2, 0) is 0 Å². The van der Waals surface area contributed by atoms with Crippen molar-refractivity contribution in [3.8, 4) is 0 Å². The molecule has 1 N–H and O–H groups in total. The first-order valence-electron chi connectivity index (χ1n) is 5.91. The van der Waals surface area contributed by atoms with Crippen LogP contribution in [0.25, 0.3) is 0 Å². The van der Waals surface area contributed by atoms with Crippen molar-refractivity contribution < 1.29 is 0 Å². The third-order valence-corrected chi connectivity index (χ3v) is 4.07. The average molecular weight is 181 g/mol. The molecule has 13 heavy (non-hydrogen) atoms. The van der Waals surface area contributed by atoms with Crippen LogP contribution in [0, 0.1) is 11.3 Å². The summed E-state index contributed by atoms with van der Waals surface area (Å²) in [5, 5.41) is 3.53. The molecule has 1 aliphatic heterocycles. The van der Waals surface area contributed by atoms with E-state index in [1.54, 1.807) is 0 Å². The first-order valence-corrected chi connectivity index (χ1v) is 5.91. The molecular formula is C12H23N. The molecule has 2 aliphatic rings. The molecule has 1 saturated carbocycles. The fourth-order valence-corrected chi connectivity index (χ4v) is 3.10. The lowest BCUT2D eigenvalue weighted by atomic mass is 9.64. The standard InChI is InChI=1S/C12H23N/c1-10-8-11(4-7-13-10)9-12(2)5-3-6-12/h10-11,13H,3-9H2,1-2H3. The van der Waals surface area contributed by atoms with Gasteiger partial charge in [0.15, 0.2) is 0 Å². The van der Waals surface area contributed by atoms with Crippen molar-refractivity contribution in [3.05, 3.63) is 0 Å². The van der Waals surface area contributed by atoms with Crippen LogP contribution in [0.1, 0.15) is 52.4 Å². The topological polar surface area (TPSA) is 12.0 Å². The Morgan fingerprint density at radius 3 is 2.69 bits per heavy atom. The summed E-state index contributed by atoms with van der Waals surface area (Å²) in [4.78, 5) is 0. The van der Waals surface area contributed by atoms with Crippen molar-refractivity contribution in [3.63, 3.8) is 0 Å². The van der Waals surface area contributed by atoms with Gasteiger partial charge in [0, 0.05) is 6.04 Å². The summed E-state index contributed by atoms with van der Waals surface area (Å²) in [7, 11) is 0. The fourth-order valence-electron chi connectivity index (χ4n) is 3.10. The largest absolute Gasteiger partial charge is 0.314 e. The molecule has 0 aromatic carbocycles. The summed E-state index contributed by atoms with van der Waals surface area (Å²) in [5.74, 6) is 1.02. The SMILES string of the molecule is CC1CC(CC2(C)CCC2)CCN1. The highest BCUT2D eigenvalue weighted by atomic mass is 14.9. The maximum atomic E-state index is 3.53. The zero-order valence-electron chi connectivity index (χ0n) is 9.10. The third-order valence-electron chi connectivity index (χ3n) is 4.07. The fraction of sp³-hybridized carbons (Fsp3) is 1.00. The molecule has 0 spiro atoms. The number of nitrogens with one attached hydrogen (secondary N) is 1. The first kappa shape index (κ1) is 9.51. The highest BCUT2D eigenvalue weighted by Crippen LogP contribution is 2.46. The Labute approximate surface area is 82.3 Å². The molecular weight excluding hydrogens is 158 g/mol. The minimum atomic E-state index is 0.738. The molecule has 2 atom stereocenters. The van der Waals surface area contributed by atoms with Gasteiger partial charge in [0.2, 0.25) is 0 Å². The van der Waals surface area contributed by atoms with Gasteiger partial charge in [-0.1, -0.05) is 13.3 Å². The molecule has 1 heterocycles. The van der Waals surface area contributed by atoms with Crippen molar-refractivity contribution in [2.24, 2.45) is 11.3 Å². The summed E-state index contributed by atoms with van der Waals surface area (Å²) in [6.45, 7) is 6.07. The summed E-state index contributed by atoms with van der Waals surface area (Å²) in [6, 6.07) is 0.766. The van der Waals surface area contributed by atoms with E-state index in [0.717, 1.165) is 17.4 Å². The Morgan fingerprint density at radius 2 is 2.15 bits per heavy atom. The normalized spacial score (nSPS) is 38.3. The number of hydrogen-bond acceptors (Lipinski definition) is 1. The second-order valence-corrected chi connectivity index (χ2v) is 5.61. The van der Waals surface area contributed by atoms with Crippen LogP contribution in [0.2, 0.25) is 0 Å². The zero-order chi connectivity index (χ0) is 9.31. The van der Waals surface area contributed by atoms with Crippen molar-refractivity contribution in [1.82, 2.24) is 5.32 Å². The summed E-state index contributed by atoms with van der Waals surface area (Å²) < 4.78 is 0.